The lowest BCUT2D eigenvalue weighted by Gasteiger charge is -2.25. The van der Waals surface area contributed by atoms with Crippen molar-refractivity contribution in [1.82, 2.24) is 29.5 Å². The molecule has 0 unspecified atom stereocenters. The van der Waals surface area contributed by atoms with Crippen molar-refractivity contribution in [2.45, 2.75) is 31.9 Å². The predicted octanol–water partition coefficient (Wildman–Crippen LogP) is 2.37. The predicted molar refractivity (Wildman–Crippen MR) is 109 cm³/mol. The van der Waals surface area contributed by atoms with Gasteiger partial charge >= 0.3 is 6.11 Å². The maximum atomic E-state index is 13.9. The summed E-state index contributed by atoms with van der Waals surface area (Å²) in [5.41, 5.74) is 8.72. The van der Waals surface area contributed by atoms with Gasteiger partial charge < -0.3 is 15.4 Å². The molecule has 1 amide bonds. The average molecular weight is 437 g/mol. The van der Waals surface area contributed by atoms with Crippen LogP contribution in [0, 0.1) is 0 Å². The quantitative estimate of drug-likeness (QED) is 0.524. The number of hydrogen-bond donors (Lipinski definition) is 1. The second-order valence-corrected chi connectivity index (χ2v) is 7.90. The first-order chi connectivity index (χ1) is 15.4. The minimum atomic E-state index is -3.25. The van der Waals surface area contributed by atoms with Crippen LogP contribution in [0.2, 0.25) is 0 Å². The molecule has 2 aliphatic rings. The molecule has 0 saturated carbocycles. The highest BCUT2D eigenvalue weighted by Gasteiger charge is 2.37. The van der Waals surface area contributed by atoms with E-state index in [1.165, 1.54) is 4.52 Å². The molecule has 4 aromatic rings. The molecule has 0 fully saturated rings. The average Bonchev–Trinajstić information content (AvgIpc) is 3.34. The van der Waals surface area contributed by atoms with Crippen LogP contribution < -0.4 is 10.5 Å². The van der Waals surface area contributed by atoms with Crippen LogP contribution in [-0.2, 0) is 19.4 Å². The molecular formula is C21H17F2N7O2. The number of nitrogens with two attached hydrogens (primary N) is 1. The summed E-state index contributed by atoms with van der Waals surface area (Å²) in [5, 5.41) is 4.93. The van der Waals surface area contributed by atoms with Crippen LogP contribution in [-0.4, -0.2) is 48.0 Å². The van der Waals surface area contributed by atoms with E-state index in [0.717, 1.165) is 5.69 Å². The van der Waals surface area contributed by atoms with Crippen LogP contribution in [0.1, 0.15) is 33.9 Å². The van der Waals surface area contributed by atoms with Crippen molar-refractivity contribution in [3.63, 3.8) is 0 Å². The highest BCUT2D eigenvalue weighted by atomic mass is 19.3. The van der Waals surface area contributed by atoms with Crippen LogP contribution in [0.25, 0.3) is 16.6 Å². The molecule has 0 spiro atoms. The zero-order valence-corrected chi connectivity index (χ0v) is 16.8. The summed E-state index contributed by atoms with van der Waals surface area (Å²) >= 11 is 0. The Kier molecular flexibility index (Phi) is 3.86. The highest BCUT2D eigenvalue weighted by molar-refractivity contribution is 5.98. The molecule has 0 aliphatic carbocycles. The molecule has 0 saturated heterocycles. The summed E-state index contributed by atoms with van der Waals surface area (Å²) in [4.78, 5) is 27.3. The minimum absolute atomic E-state index is 0.0194. The number of carbonyl (C=O) groups excluding carboxylic acids is 1. The van der Waals surface area contributed by atoms with E-state index in [2.05, 4.69) is 20.1 Å². The summed E-state index contributed by atoms with van der Waals surface area (Å²) in [6.45, 7) is 0.842. The number of hydrogen-bond acceptors (Lipinski definition) is 7. The SMILES string of the molecule is Nc1nc2c3c(ccc2c2nc(CCN4Cc5ncccc5C4=O)nn12)CCC(F)(F)O3. The number of nitrogen functional groups attached to an aromatic ring is 1. The van der Waals surface area contributed by atoms with Crippen molar-refractivity contribution in [3.8, 4) is 5.75 Å². The standard InChI is InChI=1S/C21H17F2N7O2/c22-21(23)7-5-11-3-4-13-16(17(11)32-21)27-20(24)30-18(13)26-15(28-30)6-9-29-10-14-12(19(29)31)2-1-8-25-14/h1-4,8H,5-7,9-10H2,(H2,24,27). The Labute approximate surface area is 179 Å². The van der Waals surface area contributed by atoms with Crippen LogP contribution in [0.4, 0.5) is 14.7 Å². The third kappa shape index (κ3) is 2.84. The Bertz CT molecular complexity index is 1420. The van der Waals surface area contributed by atoms with E-state index >= 15 is 0 Å². The number of rotatable bonds is 3. The van der Waals surface area contributed by atoms with Crippen molar-refractivity contribution in [2.24, 2.45) is 0 Å². The molecule has 2 aliphatic heterocycles. The summed E-state index contributed by atoms with van der Waals surface area (Å²) in [6, 6.07) is 7.02. The number of nitrogens with zero attached hydrogens (tertiary/aromatic N) is 6. The lowest BCUT2D eigenvalue weighted by atomic mass is 10.0. The Morgan fingerprint density at radius 1 is 1.22 bits per heavy atom. The van der Waals surface area contributed by atoms with Gasteiger partial charge in [0, 0.05) is 24.5 Å². The summed E-state index contributed by atoms with van der Waals surface area (Å²) < 4.78 is 34.0. The maximum Gasteiger partial charge on any atom is 0.398 e. The van der Waals surface area contributed by atoms with Crippen LogP contribution in [0.3, 0.4) is 0 Å². The van der Waals surface area contributed by atoms with Crippen molar-refractivity contribution < 1.29 is 18.3 Å². The fourth-order valence-corrected chi connectivity index (χ4v) is 4.25. The van der Waals surface area contributed by atoms with E-state index in [9.17, 15) is 13.6 Å². The summed E-state index contributed by atoms with van der Waals surface area (Å²) in [5.74, 6) is 0.441. The van der Waals surface area contributed by atoms with Crippen LogP contribution >= 0.6 is 0 Å². The molecule has 6 rings (SSSR count). The molecule has 0 bridgehead atoms. The molecule has 2 N–H and O–H groups in total. The Hall–Kier alpha value is -3.89. The van der Waals surface area contributed by atoms with Crippen LogP contribution in [0.15, 0.2) is 30.5 Å². The first-order valence-electron chi connectivity index (χ1n) is 10.2. The largest absolute Gasteiger partial charge is 0.430 e. The Balaban J connectivity index is 1.34. The van der Waals surface area contributed by atoms with Gasteiger partial charge in [-0.25, -0.2) is 9.97 Å². The van der Waals surface area contributed by atoms with E-state index in [1.54, 1.807) is 35.4 Å². The van der Waals surface area contributed by atoms with E-state index < -0.39 is 6.11 Å². The fourth-order valence-electron chi connectivity index (χ4n) is 4.25. The number of pyridine rings is 1. The van der Waals surface area contributed by atoms with Gasteiger partial charge in [0.05, 0.1) is 24.2 Å². The first kappa shape index (κ1) is 18.8. The van der Waals surface area contributed by atoms with Crippen molar-refractivity contribution in [3.05, 3.63) is 53.1 Å². The van der Waals surface area contributed by atoms with Gasteiger partial charge in [0.15, 0.2) is 17.2 Å². The lowest BCUT2D eigenvalue weighted by Crippen LogP contribution is -2.29. The molecule has 5 heterocycles. The smallest absolute Gasteiger partial charge is 0.398 e. The highest BCUT2D eigenvalue weighted by Crippen LogP contribution is 2.40. The van der Waals surface area contributed by atoms with E-state index in [4.69, 9.17) is 10.5 Å². The maximum absolute atomic E-state index is 13.9. The third-order valence-corrected chi connectivity index (χ3v) is 5.84. The Morgan fingerprint density at radius 3 is 2.94 bits per heavy atom. The number of carbonyl (C=O) groups is 1. The zero-order chi connectivity index (χ0) is 22.0. The number of fused-ring (bicyclic) bond motifs is 6. The molecule has 3 aromatic heterocycles. The first-order valence-corrected chi connectivity index (χ1v) is 10.2. The van der Waals surface area contributed by atoms with Gasteiger partial charge in [-0.15, -0.1) is 5.10 Å². The zero-order valence-electron chi connectivity index (χ0n) is 16.8. The second kappa shape index (κ2) is 6.55. The number of aryl methyl sites for hydroxylation is 1. The second-order valence-electron chi connectivity index (χ2n) is 7.90. The fraction of sp³-hybridized carbons (Fsp3) is 0.286. The summed E-state index contributed by atoms with van der Waals surface area (Å²) in [6.07, 6.45) is -1.39. The number of amides is 1. The van der Waals surface area contributed by atoms with Gasteiger partial charge in [-0.2, -0.15) is 13.3 Å². The number of alkyl halides is 2. The van der Waals surface area contributed by atoms with Gasteiger partial charge in [0.1, 0.15) is 5.52 Å². The van der Waals surface area contributed by atoms with Crippen molar-refractivity contribution >= 4 is 28.4 Å². The number of aromatic nitrogens is 5. The number of benzene rings is 1. The third-order valence-electron chi connectivity index (χ3n) is 5.84. The van der Waals surface area contributed by atoms with Gasteiger partial charge in [-0.3, -0.25) is 9.78 Å². The number of anilines is 1. The molecule has 11 heteroatoms. The molecule has 1 aromatic carbocycles. The van der Waals surface area contributed by atoms with Crippen LogP contribution in [0.5, 0.6) is 5.75 Å². The van der Waals surface area contributed by atoms with E-state index in [1.807, 2.05) is 0 Å². The van der Waals surface area contributed by atoms with Gasteiger partial charge in [-0.05, 0) is 30.2 Å². The van der Waals surface area contributed by atoms with Gasteiger partial charge in [0.2, 0.25) is 5.95 Å². The van der Waals surface area contributed by atoms with Gasteiger partial charge in [-0.1, -0.05) is 6.07 Å². The molecule has 0 radical (unpaired) electrons. The van der Waals surface area contributed by atoms with E-state index in [0.29, 0.717) is 47.5 Å². The lowest BCUT2D eigenvalue weighted by molar-refractivity contribution is -0.186. The molecule has 162 valence electrons. The molecule has 0 atom stereocenters. The Morgan fingerprint density at radius 2 is 2.09 bits per heavy atom. The minimum Gasteiger partial charge on any atom is -0.430 e. The molecular weight excluding hydrogens is 420 g/mol. The normalized spacial score (nSPS) is 16.9. The monoisotopic (exact) mass is 437 g/mol. The number of halogens is 2. The summed E-state index contributed by atoms with van der Waals surface area (Å²) in [7, 11) is 0. The molecule has 32 heavy (non-hydrogen) atoms. The van der Waals surface area contributed by atoms with Crippen molar-refractivity contribution in [1.29, 1.82) is 0 Å². The van der Waals surface area contributed by atoms with Gasteiger partial charge in [0.25, 0.3) is 5.91 Å². The topological polar surface area (TPSA) is 112 Å². The molecule has 9 nitrogen and oxygen atoms in total. The van der Waals surface area contributed by atoms with E-state index in [-0.39, 0.29) is 36.0 Å². The number of ether oxygens (including phenoxy) is 1. The van der Waals surface area contributed by atoms with Crippen molar-refractivity contribution in [2.75, 3.05) is 12.3 Å².